The number of aliphatic hydroxyl groups excluding tert-OH is 1. The summed E-state index contributed by atoms with van der Waals surface area (Å²) in [4.78, 5) is 1.40. The van der Waals surface area contributed by atoms with Crippen LogP contribution in [0.25, 0.3) is 0 Å². The van der Waals surface area contributed by atoms with Gasteiger partial charge in [0.25, 0.3) is 0 Å². The maximum atomic E-state index is 8.54. The Morgan fingerprint density at radius 3 is 2.85 bits per heavy atom. The standard InChI is InChI=1S/C9H15NOS.ClH/c1-8-3-6-12-9(8)7-10-4-2-5-11;/h3,6,10-11H,2,4-5,7H2,1H3;1H. The normalized spacial score (nSPS) is 9.69. The van der Waals surface area contributed by atoms with Gasteiger partial charge in [-0.05, 0) is 36.9 Å². The Morgan fingerprint density at radius 1 is 1.54 bits per heavy atom. The van der Waals surface area contributed by atoms with E-state index in [0.29, 0.717) is 0 Å². The first kappa shape index (κ1) is 12.9. The predicted octanol–water partition coefficient (Wildman–Crippen LogP) is 1.95. The Morgan fingerprint density at radius 2 is 2.31 bits per heavy atom. The van der Waals surface area contributed by atoms with Gasteiger partial charge in [-0.3, -0.25) is 0 Å². The summed E-state index contributed by atoms with van der Waals surface area (Å²) in [6.07, 6.45) is 0.838. The predicted molar refractivity (Wildman–Crippen MR) is 59.7 cm³/mol. The van der Waals surface area contributed by atoms with Crippen LogP contribution in [0.15, 0.2) is 11.4 Å². The molecule has 0 spiro atoms. The molecule has 0 atom stereocenters. The zero-order valence-electron chi connectivity index (χ0n) is 7.75. The molecule has 1 heterocycles. The van der Waals surface area contributed by atoms with Crippen molar-refractivity contribution in [3.63, 3.8) is 0 Å². The molecule has 0 radical (unpaired) electrons. The highest BCUT2D eigenvalue weighted by atomic mass is 35.5. The summed E-state index contributed by atoms with van der Waals surface area (Å²) >= 11 is 1.78. The van der Waals surface area contributed by atoms with Crippen molar-refractivity contribution in [2.45, 2.75) is 19.9 Å². The van der Waals surface area contributed by atoms with Gasteiger partial charge in [-0.2, -0.15) is 0 Å². The van der Waals surface area contributed by atoms with E-state index < -0.39 is 0 Å². The second-order valence-electron chi connectivity index (χ2n) is 2.78. The molecule has 0 saturated heterocycles. The average Bonchev–Trinajstić information content (AvgIpc) is 2.46. The number of hydrogen-bond donors (Lipinski definition) is 2. The Balaban J connectivity index is 0.00000144. The molecule has 0 fully saturated rings. The van der Waals surface area contributed by atoms with Crippen LogP contribution in [0.1, 0.15) is 16.9 Å². The fourth-order valence-electron chi connectivity index (χ4n) is 0.991. The molecule has 0 unspecified atom stereocenters. The fourth-order valence-corrected chi connectivity index (χ4v) is 1.87. The van der Waals surface area contributed by atoms with Gasteiger partial charge in [0, 0.05) is 18.0 Å². The number of aryl methyl sites for hydroxylation is 1. The van der Waals surface area contributed by atoms with Gasteiger partial charge < -0.3 is 10.4 Å². The van der Waals surface area contributed by atoms with Crippen LogP contribution in [0, 0.1) is 6.92 Å². The van der Waals surface area contributed by atoms with E-state index in [4.69, 9.17) is 5.11 Å². The first-order chi connectivity index (χ1) is 5.84. The topological polar surface area (TPSA) is 32.3 Å². The van der Waals surface area contributed by atoms with Crippen LogP contribution < -0.4 is 5.32 Å². The van der Waals surface area contributed by atoms with Gasteiger partial charge in [0.15, 0.2) is 0 Å². The molecule has 0 aromatic carbocycles. The summed E-state index contributed by atoms with van der Waals surface area (Å²) in [5.41, 5.74) is 1.36. The lowest BCUT2D eigenvalue weighted by Gasteiger charge is -2.01. The summed E-state index contributed by atoms with van der Waals surface area (Å²) in [5, 5.41) is 13.9. The highest BCUT2D eigenvalue weighted by Gasteiger charge is 1.97. The summed E-state index contributed by atoms with van der Waals surface area (Å²) in [5.74, 6) is 0. The molecule has 0 aliphatic rings. The molecular weight excluding hydrogens is 206 g/mol. The zero-order valence-corrected chi connectivity index (χ0v) is 9.38. The largest absolute Gasteiger partial charge is 0.396 e. The maximum Gasteiger partial charge on any atom is 0.0443 e. The summed E-state index contributed by atoms with van der Waals surface area (Å²) in [6.45, 7) is 4.23. The van der Waals surface area contributed by atoms with E-state index in [1.807, 2.05) is 0 Å². The van der Waals surface area contributed by atoms with Crippen molar-refractivity contribution in [3.05, 3.63) is 21.9 Å². The van der Waals surface area contributed by atoms with Crippen molar-refractivity contribution in [1.29, 1.82) is 0 Å². The van der Waals surface area contributed by atoms with Gasteiger partial charge in [-0.15, -0.1) is 23.7 Å². The van der Waals surface area contributed by atoms with Crippen molar-refractivity contribution in [2.75, 3.05) is 13.2 Å². The molecule has 1 rings (SSSR count). The maximum absolute atomic E-state index is 8.54. The quantitative estimate of drug-likeness (QED) is 0.746. The Bertz CT molecular complexity index is 227. The third kappa shape index (κ3) is 4.62. The van der Waals surface area contributed by atoms with E-state index in [1.54, 1.807) is 11.3 Å². The third-order valence-corrected chi connectivity index (χ3v) is 2.79. The van der Waals surface area contributed by atoms with E-state index in [1.165, 1.54) is 10.4 Å². The molecule has 0 bridgehead atoms. The first-order valence-electron chi connectivity index (χ1n) is 4.19. The number of halogens is 1. The van der Waals surface area contributed by atoms with Crippen molar-refractivity contribution in [2.24, 2.45) is 0 Å². The summed E-state index contributed by atoms with van der Waals surface area (Å²) in [6, 6.07) is 2.13. The highest BCUT2D eigenvalue weighted by molar-refractivity contribution is 7.10. The first-order valence-corrected chi connectivity index (χ1v) is 5.07. The highest BCUT2D eigenvalue weighted by Crippen LogP contribution is 2.14. The number of thiophene rings is 1. The lowest BCUT2D eigenvalue weighted by Crippen LogP contribution is -2.15. The van der Waals surface area contributed by atoms with Crippen LogP contribution in [-0.2, 0) is 6.54 Å². The van der Waals surface area contributed by atoms with Crippen LogP contribution in [0.2, 0.25) is 0 Å². The average molecular weight is 222 g/mol. The van der Waals surface area contributed by atoms with Crippen LogP contribution in [0.4, 0.5) is 0 Å². The third-order valence-electron chi connectivity index (χ3n) is 1.77. The second-order valence-corrected chi connectivity index (χ2v) is 3.78. The zero-order chi connectivity index (χ0) is 8.81. The minimum atomic E-state index is 0. The molecule has 2 nitrogen and oxygen atoms in total. The van der Waals surface area contributed by atoms with Gasteiger partial charge in [0.1, 0.15) is 0 Å². The molecule has 2 N–H and O–H groups in total. The van der Waals surface area contributed by atoms with Crippen LogP contribution >= 0.6 is 23.7 Å². The van der Waals surface area contributed by atoms with Gasteiger partial charge in [-0.1, -0.05) is 0 Å². The Hall–Kier alpha value is -0.0900. The molecule has 1 aromatic rings. The smallest absolute Gasteiger partial charge is 0.0443 e. The number of rotatable bonds is 5. The molecule has 1 aromatic heterocycles. The van der Waals surface area contributed by atoms with E-state index in [0.717, 1.165) is 19.5 Å². The Labute approximate surface area is 89.4 Å². The fraction of sp³-hybridized carbons (Fsp3) is 0.556. The number of aliphatic hydroxyl groups is 1. The molecule has 76 valence electrons. The minimum absolute atomic E-state index is 0. The van der Waals surface area contributed by atoms with Gasteiger partial charge in [0.05, 0.1) is 0 Å². The summed E-state index contributed by atoms with van der Waals surface area (Å²) < 4.78 is 0. The van der Waals surface area contributed by atoms with E-state index in [-0.39, 0.29) is 19.0 Å². The molecule has 0 saturated carbocycles. The van der Waals surface area contributed by atoms with E-state index in [2.05, 4.69) is 23.7 Å². The SMILES string of the molecule is Cc1ccsc1CNCCCO.Cl. The lowest BCUT2D eigenvalue weighted by molar-refractivity contribution is 0.286. The summed E-state index contributed by atoms with van der Waals surface area (Å²) in [7, 11) is 0. The lowest BCUT2D eigenvalue weighted by atomic mass is 10.3. The van der Waals surface area contributed by atoms with Crippen molar-refractivity contribution >= 4 is 23.7 Å². The molecule has 0 aliphatic carbocycles. The Kier molecular flexibility index (Phi) is 7.28. The van der Waals surface area contributed by atoms with Gasteiger partial charge in [0.2, 0.25) is 0 Å². The van der Waals surface area contributed by atoms with E-state index >= 15 is 0 Å². The molecular formula is C9H16ClNOS. The number of nitrogens with one attached hydrogen (secondary N) is 1. The molecule has 0 aliphatic heterocycles. The minimum Gasteiger partial charge on any atom is -0.396 e. The van der Waals surface area contributed by atoms with Crippen LogP contribution in [0.5, 0.6) is 0 Å². The monoisotopic (exact) mass is 221 g/mol. The molecule has 0 amide bonds. The van der Waals surface area contributed by atoms with Gasteiger partial charge in [-0.25, -0.2) is 0 Å². The number of hydrogen-bond acceptors (Lipinski definition) is 3. The molecule has 13 heavy (non-hydrogen) atoms. The second kappa shape index (κ2) is 7.33. The van der Waals surface area contributed by atoms with E-state index in [9.17, 15) is 0 Å². The van der Waals surface area contributed by atoms with Crippen molar-refractivity contribution in [1.82, 2.24) is 5.32 Å². The van der Waals surface area contributed by atoms with Crippen LogP contribution in [-0.4, -0.2) is 18.3 Å². The van der Waals surface area contributed by atoms with Gasteiger partial charge >= 0.3 is 0 Å². The molecule has 4 heteroatoms. The van der Waals surface area contributed by atoms with Crippen molar-refractivity contribution in [3.8, 4) is 0 Å². The van der Waals surface area contributed by atoms with Crippen molar-refractivity contribution < 1.29 is 5.11 Å². The van der Waals surface area contributed by atoms with Crippen LogP contribution in [0.3, 0.4) is 0 Å².